The van der Waals surface area contributed by atoms with Gasteiger partial charge in [0.2, 0.25) is 5.91 Å². The van der Waals surface area contributed by atoms with Gasteiger partial charge in [-0.25, -0.2) is 0 Å². The van der Waals surface area contributed by atoms with Gasteiger partial charge in [0.15, 0.2) is 0 Å². The number of aromatic hydroxyl groups is 1. The van der Waals surface area contributed by atoms with Crippen LogP contribution in [0.2, 0.25) is 0 Å². The predicted octanol–water partition coefficient (Wildman–Crippen LogP) is 5.87. The van der Waals surface area contributed by atoms with Gasteiger partial charge in [0.05, 0.1) is 0 Å². The van der Waals surface area contributed by atoms with E-state index in [4.69, 9.17) is 0 Å². The van der Waals surface area contributed by atoms with Gasteiger partial charge in [-0.3, -0.25) is 4.79 Å². The highest BCUT2D eigenvalue weighted by molar-refractivity contribution is 5.91. The maximum atomic E-state index is 12.0. The van der Waals surface area contributed by atoms with Gasteiger partial charge in [-0.15, -0.1) is 0 Å². The zero-order chi connectivity index (χ0) is 17.1. The predicted molar refractivity (Wildman–Crippen MR) is 98.1 cm³/mol. The zero-order valence-electron chi connectivity index (χ0n) is 15.1. The maximum absolute atomic E-state index is 12.0. The van der Waals surface area contributed by atoms with Crippen molar-refractivity contribution in [2.75, 3.05) is 5.32 Å². The molecule has 0 aromatic heterocycles. The molecule has 0 spiro atoms. The second-order valence-corrected chi connectivity index (χ2v) is 6.59. The molecule has 3 heteroatoms. The van der Waals surface area contributed by atoms with E-state index in [1.807, 2.05) is 26.0 Å². The van der Waals surface area contributed by atoms with Crippen LogP contribution >= 0.6 is 0 Å². The van der Waals surface area contributed by atoms with Crippen molar-refractivity contribution < 1.29 is 9.90 Å². The molecule has 0 aliphatic heterocycles. The Morgan fingerprint density at radius 3 is 1.91 bits per heavy atom. The summed E-state index contributed by atoms with van der Waals surface area (Å²) in [6.45, 7) is 5.93. The van der Waals surface area contributed by atoms with Gasteiger partial charge in [0.25, 0.3) is 0 Å². The Bertz CT molecular complexity index is 460. The van der Waals surface area contributed by atoms with Gasteiger partial charge < -0.3 is 10.4 Å². The van der Waals surface area contributed by atoms with Crippen LogP contribution in [-0.4, -0.2) is 11.0 Å². The van der Waals surface area contributed by atoms with Crippen LogP contribution in [0.4, 0.5) is 5.69 Å². The van der Waals surface area contributed by atoms with E-state index in [0.29, 0.717) is 12.2 Å². The van der Waals surface area contributed by atoms with Crippen LogP contribution in [0.1, 0.15) is 82.3 Å². The molecule has 0 atom stereocenters. The molecule has 0 unspecified atom stereocenters. The standard InChI is InChI=1S/C20H33NO2/c1-4-5-6-7-8-9-10-11-12-13-19(22)21-18-14-16(2)20(23)17(3)15-18/h14-15,23H,4-13H2,1-3H3,(H,21,22). The summed E-state index contributed by atoms with van der Waals surface area (Å²) in [5.41, 5.74) is 2.37. The molecule has 130 valence electrons. The molecule has 0 fully saturated rings. The third-order valence-corrected chi connectivity index (χ3v) is 4.28. The number of hydrogen-bond acceptors (Lipinski definition) is 2. The number of rotatable bonds is 11. The molecular formula is C20H33NO2. The zero-order valence-corrected chi connectivity index (χ0v) is 15.1. The van der Waals surface area contributed by atoms with Gasteiger partial charge in [-0.05, 0) is 43.5 Å². The first-order chi connectivity index (χ1) is 11.0. The second kappa shape index (κ2) is 11.1. The number of benzene rings is 1. The largest absolute Gasteiger partial charge is 0.507 e. The first-order valence-electron chi connectivity index (χ1n) is 9.14. The average Bonchev–Trinajstić information content (AvgIpc) is 2.51. The quantitative estimate of drug-likeness (QED) is 0.396. The molecule has 1 amide bonds. The van der Waals surface area contributed by atoms with Crippen LogP contribution in [0.3, 0.4) is 0 Å². The molecule has 2 N–H and O–H groups in total. The van der Waals surface area contributed by atoms with E-state index >= 15 is 0 Å². The molecule has 23 heavy (non-hydrogen) atoms. The number of aryl methyl sites for hydroxylation is 2. The highest BCUT2D eigenvalue weighted by Crippen LogP contribution is 2.25. The van der Waals surface area contributed by atoms with Crippen LogP contribution in [-0.2, 0) is 4.79 Å². The number of hydrogen-bond donors (Lipinski definition) is 2. The molecule has 0 aliphatic carbocycles. The summed E-state index contributed by atoms with van der Waals surface area (Å²) in [4.78, 5) is 12.0. The van der Waals surface area contributed by atoms with Crippen molar-refractivity contribution in [3.05, 3.63) is 23.3 Å². The normalized spacial score (nSPS) is 10.7. The lowest BCUT2D eigenvalue weighted by atomic mass is 10.1. The Hall–Kier alpha value is -1.51. The number of phenolic OH excluding ortho intramolecular Hbond substituents is 1. The Morgan fingerprint density at radius 1 is 0.913 bits per heavy atom. The van der Waals surface area contributed by atoms with E-state index in [0.717, 1.165) is 29.7 Å². The first kappa shape index (κ1) is 19.5. The molecular weight excluding hydrogens is 286 g/mol. The molecule has 0 bridgehead atoms. The van der Waals surface area contributed by atoms with Gasteiger partial charge in [-0.2, -0.15) is 0 Å². The highest BCUT2D eigenvalue weighted by Gasteiger charge is 2.06. The molecule has 3 nitrogen and oxygen atoms in total. The summed E-state index contributed by atoms with van der Waals surface area (Å²) in [6, 6.07) is 3.63. The van der Waals surface area contributed by atoms with Crippen molar-refractivity contribution in [2.24, 2.45) is 0 Å². The molecule has 0 saturated heterocycles. The molecule has 1 aromatic carbocycles. The summed E-state index contributed by atoms with van der Waals surface area (Å²) in [6.07, 6.45) is 11.9. The van der Waals surface area contributed by atoms with Crippen molar-refractivity contribution in [3.8, 4) is 5.75 Å². The van der Waals surface area contributed by atoms with Gasteiger partial charge >= 0.3 is 0 Å². The first-order valence-corrected chi connectivity index (χ1v) is 9.14. The van der Waals surface area contributed by atoms with E-state index in [9.17, 15) is 9.90 Å². The van der Waals surface area contributed by atoms with Crippen LogP contribution in [0, 0.1) is 13.8 Å². The number of carbonyl (C=O) groups excluding carboxylic acids is 1. The van der Waals surface area contributed by atoms with Gasteiger partial charge in [-0.1, -0.05) is 58.3 Å². The van der Waals surface area contributed by atoms with Crippen LogP contribution in [0.25, 0.3) is 0 Å². The maximum Gasteiger partial charge on any atom is 0.224 e. The van der Waals surface area contributed by atoms with Crippen molar-refractivity contribution in [2.45, 2.75) is 85.0 Å². The third-order valence-electron chi connectivity index (χ3n) is 4.28. The molecule has 0 aliphatic rings. The minimum atomic E-state index is 0.0671. The summed E-state index contributed by atoms with van der Waals surface area (Å²) < 4.78 is 0. The number of amides is 1. The van der Waals surface area contributed by atoms with Gasteiger partial charge in [0.1, 0.15) is 5.75 Å². The fourth-order valence-electron chi connectivity index (χ4n) is 2.85. The van der Waals surface area contributed by atoms with E-state index < -0.39 is 0 Å². The van der Waals surface area contributed by atoms with Crippen molar-refractivity contribution in [1.29, 1.82) is 0 Å². The Balaban J connectivity index is 2.13. The lowest BCUT2D eigenvalue weighted by Crippen LogP contribution is -2.11. The van der Waals surface area contributed by atoms with Crippen molar-refractivity contribution >= 4 is 11.6 Å². The number of nitrogens with one attached hydrogen (secondary N) is 1. The third kappa shape index (κ3) is 8.06. The van der Waals surface area contributed by atoms with Gasteiger partial charge in [0, 0.05) is 12.1 Å². The fourth-order valence-corrected chi connectivity index (χ4v) is 2.85. The van der Waals surface area contributed by atoms with Crippen LogP contribution in [0.15, 0.2) is 12.1 Å². The number of carbonyl (C=O) groups is 1. The molecule has 1 aromatic rings. The summed E-state index contributed by atoms with van der Waals surface area (Å²) >= 11 is 0. The number of anilines is 1. The monoisotopic (exact) mass is 319 g/mol. The summed E-state index contributed by atoms with van der Waals surface area (Å²) in [7, 11) is 0. The Morgan fingerprint density at radius 2 is 1.39 bits per heavy atom. The van der Waals surface area contributed by atoms with E-state index in [-0.39, 0.29) is 5.91 Å². The smallest absolute Gasteiger partial charge is 0.224 e. The van der Waals surface area contributed by atoms with E-state index in [2.05, 4.69) is 12.2 Å². The highest BCUT2D eigenvalue weighted by atomic mass is 16.3. The molecule has 1 rings (SSSR count). The Kier molecular flexibility index (Phi) is 9.42. The second-order valence-electron chi connectivity index (χ2n) is 6.59. The summed E-state index contributed by atoms with van der Waals surface area (Å²) in [5.74, 6) is 0.374. The average molecular weight is 319 g/mol. The van der Waals surface area contributed by atoms with Crippen molar-refractivity contribution in [3.63, 3.8) is 0 Å². The minimum absolute atomic E-state index is 0.0671. The fraction of sp³-hybridized carbons (Fsp3) is 0.650. The van der Waals surface area contributed by atoms with E-state index in [1.54, 1.807) is 0 Å². The lowest BCUT2D eigenvalue weighted by Gasteiger charge is -2.09. The number of phenols is 1. The SMILES string of the molecule is CCCCCCCCCCCC(=O)Nc1cc(C)c(O)c(C)c1. The van der Waals surface area contributed by atoms with Crippen molar-refractivity contribution in [1.82, 2.24) is 0 Å². The van der Waals surface area contributed by atoms with Crippen LogP contribution in [0.5, 0.6) is 5.75 Å². The van der Waals surface area contributed by atoms with E-state index in [1.165, 1.54) is 44.9 Å². The minimum Gasteiger partial charge on any atom is -0.507 e. The molecule has 0 radical (unpaired) electrons. The van der Waals surface area contributed by atoms with Crippen LogP contribution < -0.4 is 5.32 Å². The molecule has 0 heterocycles. The topological polar surface area (TPSA) is 49.3 Å². The lowest BCUT2D eigenvalue weighted by molar-refractivity contribution is -0.116. The number of unbranched alkanes of at least 4 members (excludes halogenated alkanes) is 8. The Labute approximate surface area is 141 Å². The molecule has 0 saturated carbocycles. The summed E-state index contributed by atoms with van der Waals surface area (Å²) in [5, 5.41) is 12.7.